The molecule has 0 bridgehead atoms. The Morgan fingerprint density at radius 1 is 0.812 bits per heavy atom. The van der Waals surface area contributed by atoms with Crippen LogP contribution in [-0.2, 0) is 11.2 Å². The summed E-state index contributed by atoms with van der Waals surface area (Å²) < 4.78 is 4.54. The second-order valence-corrected chi connectivity index (χ2v) is 18.0. The van der Waals surface area contributed by atoms with Crippen LogP contribution in [0, 0.1) is 58.2 Å². The quantitative estimate of drug-likeness (QED) is 0.252. The van der Waals surface area contributed by atoms with Crippen LogP contribution in [0.15, 0.2) is 42.0 Å². The van der Waals surface area contributed by atoms with Gasteiger partial charge >= 0.3 is 0 Å². The number of benzene rings is 1. The molecule has 276 valence electrons. The summed E-state index contributed by atoms with van der Waals surface area (Å²) in [4.78, 5) is 0. The number of hydrogen-bond donors (Lipinski definition) is 0. The van der Waals surface area contributed by atoms with E-state index in [0.29, 0.717) is 10.8 Å². The molecule has 0 saturated heterocycles. The number of hydrogen-bond acceptors (Lipinski definition) is 1. The number of aryl methyl sites for hydroxylation is 1. The largest absolute Gasteiger partial charge is 0.385 e. The van der Waals surface area contributed by atoms with Gasteiger partial charge in [0.25, 0.3) is 0 Å². The van der Waals surface area contributed by atoms with Gasteiger partial charge in [0.05, 0.1) is 0 Å². The predicted molar refractivity (Wildman–Crippen MR) is 212 cm³/mol. The third-order valence-electron chi connectivity index (χ3n) is 14.4. The van der Waals surface area contributed by atoms with Gasteiger partial charge in [0.15, 0.2) is 0 Å². The average molecular weight is 663 g/mol. The second-order valence-electron chi connectivity index (χ2n) is 18.0. The summed E-state index contributed by atoms with van der Waals surface area (Å²) in [6.45, 7) is 22.5. The standard InChI is InChI=1S/C28H48.C8H16.C8H10.C3H8O/c1-19(2)8-7-9-21(4)24-12-13-25-23-11-10-22-18-20(3)14-16-27(22,5)26(23)15-17-28(24,25)6;2*1-2-8-6-4-3-5-7-8;1-3-4-2/h10,19-21,23-26H,7-9,11-18H2,1-6H3;8H,2-7H2,1H3;3-7H,2H2,1H3;3H2,1-2H3. The molecule has 0 radical (unpaired) electrons. The van der Waals surface area contributed by atoms with Gasteiger partial charge in [0, 0.05) is 13.7 Å². The minimum Gasteiger partial charge on any atom is -0.385 e. The maximum absolute atomic E-state index is 4.54. The van der Waals surface area contributed by atoms with Gasteiger partial charge < -0.3 is 4.74 Å². The highest BCUT2D eigenvalue weighted by molar-refractivity contribution is 5.25. The third-order valence-corrected chi connectivity index (χ3v) is 14.4. The monoisotopic (exact) mass is 663 g/mol. The smallest absolute Gasteiger partial charge is 0.0433 e. The molecule has 0 aromatic heterocycles. The van der Waals surface area contributed by atoms with E-state index < -0.39 is 0 Å². The molecule has 8 atom stereocenters. The average Bonchev–Trinajstić information content (AvgIpc) is 3.47. The lowest BCUT2D eigenvalue weighted by atomic mass is 9.46. The van der Waals surface area contributed by atoms with Gasteiger partial charge in [-0.1, -0.05) is 155 Å². The van der Waals surface area contributed by atoms with Gasteiger partial charge in [-0.3, -0.25) is 0 Å². The molecule has 1 heteroatoms. The van der Waals surface area contributed by atoms with E-state index in [1.165, 1.54) is 115 Å². The predicted octanol–water partition coefficient (Wildman–Crippen LogP) is 14.5. The molecular weight excluding hydrogens is 581 g/mol. The Morgan fingerprint density at radius 2 is 1.50 bits per heavy atom. The first-order valence-corrected chi connectivity index (χ1v) is 21.3. The molecule has 6 rings (SSSR count). The van der Waals surface area contributed by atoms with E-state index in [9.17, 15) is 0 Å². The summed E-state index contributed by atoms with van der Waals surface area (Å²) in [5, 5.41) is 0. The van der Waals surface area contributed by atoms with Crippen LogP contribution in [0.2, 0.25) is 0 Å². The normalized spacial score (nSPS) is 33.2. The highest BCUT2D eigenvalue weighted by atomic mass is 16.5. The number of methoxy groups -OCH3 is 1. The summed E-state index contributed by atoms with van der Waals surface area (Å²) in [5.74, 6) is 7.81. The van der Waals surface area contributed by atoms with Crippen molar-refractivity contribution in [2.24, 2.45) is 58.2 Å². The van der Waals surface area contributed by atoms with Crippen LogP contribution in [0.5, 0.6) is 0 Å². The van der Waals surface area contributed by atoms with Gasteiger partial charge in [-0.15, -0.1) is 0 Å². The Kier molecular flexibility index (Phi) is 17.8. The van der Waals surface area contributed by atoms with Crippen molar-refractivity contribution in [3.63, 3.8) is 0 Å². The van der Waals surface area contributed by atoms with Crippen molar-refractivity contribution in [2.45, 2.75) is 178 Å². The highest BCUT2D eigenvalue weighted by Crippen LogP contribution is 2.67. The van der Waals surface area contributed by atoms with Crippen LogP contribution in [0.3, 0.4) is 0 Å². The molecule has 0 heterocycles. The van der Waals surface area contributed by atoms with Crippen LogP contribution < -0.4 is 0 Å². The molecule has 0 N–H and O–H groups in total. The van der Waals surface area contributed by atoms with Crippen molar-refractivity contribution in [1.29, 1.82) is 0 Å². The Bertz CT molecular complexity index is 1020. The fourth-order valence-corrected chi connectivity index (χ4v) is 11.2. The zero-order chi connectivity index (χ0) is 35.2. The molecule has 4 saturated carbocycles. The molecule has 1 aromatic rings. The molecule has 0 spiro atoms. The van der Waals surface area contributed by atoms with E-state index in [-0.39, 0.29) is 0 Å². The van der Waals surface area contributed by atoms with Crippen molar-refractivity contribution in [3.8, 4) is 0 Å². The van der Waals surface area contributed by atoms with Gasteiger partial charge in [-0.05, 0) is 128 Å². The molecule has 5 aliphatic rings. The van der Waals surface area contributed by atoms with Crippen molar-refractivity contribution < 1.29 is 4.74 Å². The molecule has 1 nitrogen and oxygen atoms in total. The van der Waals surface area contributed by atoms with Crippen LogP contribution in [0.4, 0.5) is 0 Å². The van der Waals surface area contributed by atoms with Crippen molar-refractivity contribution >= 4 is 0 Å². The molecule has 5 aliphatic carbocycles. The summed E-state index contributed by atoms with van der Waals surface area (Å²) in [6, 6.07) is 10.5. The van der Waals surface area contributed by atoms with E-state index in [1.54, 1.807) is 7.11 Å². The maximum Gasteiger partial charge on any atom is 0.0433 e. The number of fused-ring (bicyclic) bond motifs is 5. The summed E-state index contributed by atoms with van der Waals surface area (Å²) in [5.41, 5.74) is 4.47. The lowest BCUT2D eigenvalue weighted by Gasteiger charge is -2.58. The zero-order valence-electron chi connectivity index (χ0n) is 33.9. The van der Waals surface area contributed by atoms with Crippen molar-refractivity contribution in [3.05, 3.63) is 47.5 Å². The number of rotatable bonds is 8. The summed E-state index contributed by atoms with van der Waals surface area (Å²) in [7, 11) is 1.68. The van der Waals surface area contributed by atoms with E-state index in [4.69, 9.17) is 0 Å². The first-order valence-electron chi connectivity index (χ1n) is 21.3. The van der Waals surface area contributed by atoms with Gasteiger partial charge in [-0.2, -0.15) is 0 Å². The number of allylic oxidation sites excluding steroid dienone is 2. The van der Waals surface area contributed by atoms with E-state index in [2.05, 4.69) is 90.5 Å². The SMILES string of the molecule is CC(C)CCCC(C)C1CCC2C3CC=C4CC(C)CCC4(C)C3CCC12C.CCC1CCCCC1.CCOC.CCc1ccccc1. The molecule has 48 heavy (non-hydrogen) atoms. The Hall–Kier alpha value is -1.08. The molecule has 8 unspecified atom stereocenters. The Balaban J connectivity index is 0.000000252. The molecule has 4 fully saturated rings. The third kappa shape index (κ3) is 11.2. The van der Waals surface area contributed by atoms with Crippen LogP contribution in [0.25, 0.3) is 0 Å². The highest BCUT2D eigenvalue weighted by Gasteiger charge is 2.58. The van der Waals surface area contributed by atoms with Crippen LogP contribution in [-0.4, -0.2) is 13.7 Å². The van der Waals surface area contributed by atoms with Crippen LogP contribution >= 0.6 is 0 Å². The summed E-state index contributed by atoms with van der Waals surface area (Å²) >= 11 is 0. The Morgan fingerprint density at radius 3 is 2.06 bits per heavy atom. The lowest BCUT2D eigenvalue weighted by Crippen LogP contribution is -2.50. The first kappa shape index (κ1) is 41.3. The molecular formula is C47H82O. The Labute approximate surface area is 301 Å². The molecule has 1 aromatic carbocycles. The molecule has 0 amide bonds. The van der Waals surface area contributed by atoms with Crippen LogP contribution in [0.1, 0.15) is 177 Å². The lowest BCUT2D eigenvalue weighted by molar-refractivity contribution is -0.0523. The zero-order valence-corrected chi connectivity index (χ0v) is 33.9. The summed E-state index contributed by atoms with van der Waals surface area (Å²) in [6.07, 6.45) is 29.0. The minimum atomic E-state index is 0.553. The molecule has 0 aliphatic heterocycles. The van der Waals surface area contributed by atoms with Gasteiger partial charge in [0.2, 0.25) is 0 Å². The topological polar surface area (TPSA) is 9.23 Å². The van der Waals surface area contributed by atoms with Crippen molar-refractivity contribution in [2.75, 3.05) is 13.7 Å². The van der Waals surface area contributed by atoms with E-state index in [0.717, 1.165) is 60.4 Å². The maximum atomic E-state index is 4.54. The van der Waals surface area contributed by atoms with Crippen molar-refractivity contribution in [1.82, 2.24) is 0 Å². The van der Waals surface area contributed by atoms with E-state index in [1.807, 2.05) is 18.6 Å². The minimum absolute atomic E-state index is 0.553. The van der Waals surface area contributed by atoms with E-state index >= 15 is 0 Å². The fraction of sp³-hybridized carbons (Fsp3) is 0.830. The van der Waals surface area contributed by atoms with Gasteiger partial charge in [-0.25, -0.2) is 0 Å². The fourth-order valence-electron chi connectivity index (χ4n) is 11.2. The van der Waals surface area contributed by atoms with Gasteiger partial charge in [0.1, 0.15) is 0 Å². The second kappa shape index (κ2) is 20.7. The first-order chi connectivity index (χ1) is 23.0. The number of ether oxygens (including phenoxy) is 1.